The van der Waals surface area contributed by atoms with Gasteiger partial charge >= 0.3 is 0 Å². The third-order valence-corrected chi connectivity index (χ3v) is 3.36. The fraction of sp³-hybridized carbons (Fsp3) is 0.375. The van der Waals surface area contributed by atoms with Gasteiger partial charge in [-0.2, -0.15) is 0 Å². The molecule has 1 aliphatic carbocycles. The van der Waals surface area contributed by atoms with Gasteiger partial charge in [-0.25, -0.2) is 4.39 Å². The molecule has 0 unspecified atom stereocenters. The van der Waals surface area contributed by atoms with Gasteiger partial charge in [0.15, 0.2) is 0 Å². The van der Waals surface area contributed by atoms with Crippen LogP contribution in [0.3, 0.4) is 0 Å². The Morgan fingerprint density at radius 1 is 1.18 bits per heavy atom. The normalized spacial score (nSPS) is 21.4. The number of hydrogen-bond donors (Lipinski definition) is 0. The zero-order chi connectivity index (χ0) is 12.5. The smallest absolute Gasteiger partial charge is 0.123 e. The van der Waals surface area contributed by atoms with E-state index in [9.17, 15) is 4.39 Å². The molecule has 0 fully saturated rings. The van der Waals surface area contributed by atoms with E-state index in [-0.39, 0.29) is 5.82 Å². The molecule has 1 aromatic carbocycles. The second-order valence-electron chi connectivity index (χ2n) is 5.54. The summed E-state index contributed by atoms with van der Waals surface area (Å²) in [5.41, 5.74) is 4.11. The molecule has 0 atom stereocenters. The van der Waals surface area contributed by atoms with E-state index in [1.54, 1.807) is 0 Å². The molecule has 1 heteroatoms. The molecule has 2 rings (SSSR count). The Balaban J connectivity index is 2.27. The molecule has 0 radical (unpaired) electrons. The zero-order valence-corrected chi connectivity index (χ0v) is 10.8. The molecule has 1 aromatic rings. The molecule has 0 saturated heterocycles. The summed E-state index contributed by atoms with van der Waals surface area (Å²) in [6, 6.07) is 6.68. The first-order valence-corrected chi connectivity index (χ1v) is 6.12. The highest BCUT2D eigenvalue weighted by Crippen LogP contribution is 2.36. The molecular weight excluding hydrogens is 211 g/mol. The van der Waals surface area contributed by atoms with Gasteiger partial charge in [-0.05, 0) is 48.4 Å². The lowest BCUT2D eigenvalue weighted by Gasteiger charge is -2.28. The zero-order valence-electron chi connectivity index (χ0n) is 10.8. The third-order valence-electron chi connectivity index (χ3n) is 3.36. The molecule has 0 aliphatic heterocycles. The monoisotopic (exact) mass is 230 g/mol. The molecule has 0 amide bonds. The van der Waals surface area contributed by atoms with Crippen LogP contribution in [0.15, 0.2) is 41.5 Å². The van der Waals surface area contributed by atoms with Crippen LogP contribution in [-0.2, 0) is 0 Å². The Hall–Kier alpha value is -1.37. The van der Waals surface area contributed by atoms with Gasteiger partial charge < -0.3 is 0 Å². The molecule has 0 heterocycles. The average Bonchev–Trinajstić information content (AvgIpc) is 2.24. The van der Waals surface area contributed by atoms with Crippen molar-refractivity contribution in [3.8, 4) is 0 Å². The Bertz CT molecular complexity index is 461. The lowest BCUT2D eigenvalue weighted by atomic mass is 9.77. The first-order valence-electron chi connectivity index (χ1n) is 6.12. The summed E-state index contributed by atoms with van der Waals surface area (Å²) in [5.74, 6) is -0.177. The van der Waals surface area contributed by atoms with Crippen molar-refractivity contribution in [2.45, 2.75) is 33.6 Å². The van der Waals surface area contributed by atoms with E-state index in [0.29, 0.717) is 5.41 Å². The van der Waals surface area contributed by atoms with Crippen LogP contribution < -0.4 is 0 Å². The van der Waals surface area contributed by atoms with Gasteiger partial charge in [-0.3, -0.25) is 0 Å². The maximum atomic E-state index is 12.8. The van der Waals surface area contributed by atoms with E-state index < -0.39 is 0 Å². The lowest BCUT2D eigenvalue weighted by molar-refractivity contribution is 0.423. The van der Waals surface area contributed by atoms with Crippen molar-refractivity contribution >= 4 is 6.08 Å². The predicted molar refractivity (Wildman–Crippen MR) is 71.1 cm³/mol. The molecule has 0 saturated carbocycles. The fourth-order valence-electron chi connectivity index (χ4n) is 2.35. The van der Waals surface area contributed by atoms with Crippen molar-refractivity contribution in [2.24, 2.45) is 5.41 Å². The van der Waals surface area contributed by atoms with Gasteiger partial charge in [-0.1, -0.05) is 43.7 Å². The maximum Gasteiger partial charge on any atom is 0.123 e. The highest BCUT2D eigenvalue weighted by atomic mass is 19.1. The first kappa shape index (κ1) is 12.1. The summed E-state index contributed by atoms with van der Waals surface area (Å²) in [5, 5.41) is 0. The van der Waals surface area contributed by atoms with E-state index in [1.807, 2.05) is 12.1 Å². The van der Waals surface area contributed by atoms with E-state index in [0.717, 1.165) is 12.0 Å². The summed E-state index contributed by atoms with van der Waals surface area (Å²) in [6.07, 6.45) is 6.79. The van der Waals surface area contributed by atoms with Crippen LogP contribution in [0, 0.1) is 11.2 Å². The van der Waals surface area contributed by atoms with Crippen molar-refractivity contribution in [3.05, 3.63) is 52.9 Å². The van der Waals surface area contributed by atoms with Gasteiger partial charge in [-0.15, -0.1) is 0 Å². The third kappa shape index (κ3) is 3.06. The fourth-order valence-corrected chi connectivity index (χ4v) is 2.35. The van der Waals surface area contributed by atoms with E-state index in [2.05, 4.69) is 32.9 Å². The van der Waals surface area contributed by atoms with Crippen LogP contribution in [0.25, 0.3) is 6.08 Å². The quantitative estimate of drug-likeness (QED) is 0.638. The van der Waals surface area contributed by atoms with Crippen molar-refractivity contribution < 1.29 is 4.39 Å². The van der Waals surface area contributed by atoms with Gasteiger partial charge in [0, 0.05) is 0 Å². The van der Waals surface area contributed by atoms with Crippen LogP contribution in [0.2, 0.25) is 0 Å². The Labute approximate surface area is 103 Å². The van der Waals surface area contributed by atoms with Crippen LogP contribution in [-0.4, -0.2) is 0 Å². The predicted octanol–water partition coefficient (Wildman–Crippen LogP) is 4.98. The summed E-state index contributed by atoms with van der Waals surface area (Å²) in [6.45, 7) is 6.70. The molecule has 0 nitrogen and oxygen atoms in total. The van der Waals surface area contributed by atoms with Gasteiger partial charge in [0.1, 0.15) is 5.82 Å². The summed E-state index contributed by atoms with van der Waals surface area (Å²) in [4.78, 5) is 0. The molecule has 0 aromatic heterocycles. The molecule has 90 valence electrons. The molecular formula is C16H19F. The SMILES string of the molecule is CC1=CC(C)(C)CC/C1=C/c1ccc(F)cc1. The van der Waals surface area contributed by atoms with E-state index in [1.165, 1.54) is 29.7 Å². The minimum absolute atomic E-state index is 0.177. The molecule has 0 bridgehead atoms. The van der Waals surface area contributed by atoms with E-state index >= 15 is 0 Å². The van der Waals surface area contributed by atoms with Crippen molar-refractivity contribution in [1.29, 1.82) is 0 Å². The van der Waals surface area contributed by atoms with Gasteiger partial charge in [0.2, 0.25) is 0 Å². The average molecular weight is 230 g/mol. The second kappa shape index (κ2) is 4.48. The van der Waals surface area contributed by atoms with Crippen LogP contribution in [0.1, 0.15) is 39.2 Å². The van der Waals surface area contributed by atoms with E-state index in [4.69, 9.17) is 0 Å². The molecule has 1 aliphatic rings. The number of benzene rings is 1. The topological polar surface area (TPSA) is 0 Å². The van der Waals surface area contributed by atoms with Gasteiger partial charge in [0.05, 0.1) is 0 Å². The minimum atomic E-state index is -0.177. The minimum Gasteiger partial charge on any atom is -0.207 e. The van der Waals surface area contributed by atoms with Crippen molar-refractivity contribution in [2.75, 3.05) is 0 Å². The van der Waals surface area contributed by atoms with Crippen molar-refractivity contribution in [3.63, 3.8) is 0 Å². The maximum absolute atomic E-state index is 12.8. The number of hydrogen-bond acceptors (Lipinski definition) is 0. The lowest BCUT2D eigenvalue weighted by Crippen LogP contribution is -2.13. The molecule has 0 spiro atoms. The van der Waals surface area contributed by atoms with Crippen LogP contribution >= 0.6 is 0 Å². The Morgan fingerprint density at radius 2 is 1.82 bits per heavy atom. The van der Waals surface area contributed by atoms with Crippen LogP contribution in [0.5, 0.6) is 0 Å². The molecule has 17 heavy (non-hydrogen) atoms. The Morgan fingerprint density at radius 3 is 2.41 bits per heavy atom. The largest absolute Gasteiger partial charge is 0.207 e. The molecule has 0 N–H and O–H groups in total. The Kier molecular flexibility index (Phi) is 3.19. The van der Waals surface area contributed by atoms with Gasteiger partial charge in [0.25, 0.3) is 0 Å². The number of halogens is 1. The first-order chi connectivity index (χ1) is 7.96. The summed E-state index contributed by atoms with van der Waals surface area (Å²) < 4.78 is 12.8. The standard InChI is InChI=1S/C16H19F/c1-12-11-16(2,3)9-8-14(12)10-13-4-6-15(17)7-5-13/h4-7,10-11H,8-9H2,1-3H3/b14-10-. The van der Waals surface area contributed by atoms with Crippen molar-refractivity contribution in [1.82, 2.24) is 0 Å². The number of rotatable bonds is 1. The van der Waals surface area contributed by atoms with Crippen LogP contribution in [0.4, 0.5) is 4.39 Å². The number of allylic oxidation sites excluding steroid dienone is 3. The summed E-state index contributed by atoms with van der Waals surface area (Å²) in [7, 11) is 0. The highest BCUT2D eigenvalue weighted by Gasteiger charge is 2.21. The second-order valence-corrected chi connectivity index (χ2v) is 5.54. The summed E-state index contributed by atoms with van der Waals surface area (Å²) >= 11 is 0. The highest BCUT2D eigenvalue weighted by molar-refractivity contribution is 5.58.